The Kier molecular flexibility index (Phi) is 10.3. The second-order valence-corrected chi connectivity index (χ2v) is 15.9. The number of azo groups is 2. The first kappa shape index (κ1) is 37.6. The van der Waals surface area contributed by atoms with E-state index in [9.17, 15) is 39.2 Å². The van der Waals surface area contributed by atoms with Gasteiger partial charge in [0.2, 0.25) is 0 Å². The largest absolute Gasteiger partial charge is 0.744 e. The predicted octanol–water partition coefficient (Wildman–Crippen LogP) is 6.86. The Morgan fingerprint density at radius 1 is 0.611 bits per heavy atom. The summed E-state index contributed by atoms with van der Waals surface area (Å²) in [4.78, 5) is 11.9. The maximum absolute atomic E-state index is 13.0. The van der Waals surface area contributed by atoms with E-state index in [2.05, 4.69) is 25.6 Å². The third-order valence-corrected chi connectivity index (χ3v) is 10.7. The average Bonchev–Trinajstić information content (AvgIpc) is 3.42. The van der Waals surface area contributed by atoms with Crippen LogP contribution in [0.25, 0.3) is 16.8 Å². The lowest BCUT2D eigenvalue weighted by Crippen LogP contribution is -2.14. The molecule has 19 heteroatoms. The lowest BCUT2D eigenvalue weighted by atomic mass is 10.1. The molecule has 1 aromatic heterocycles. The standard InChI is InChI=1S/C35H28N6O10S3/c1-22-3-16-31(17-4-22)54(49,50)51-29-14-10-27(11-15-29)36-38-32-20-7-25(21-33(32)53(46,47)48)24-5-8-26(9-6-24)37-39-34-23(2)40-41(35(34)42)28-12-18-30(19-13-28)52(43,44)45/h3-21,40H,1-2H3,(H,43,44,45)(H,46,47,48)/p-2. The Morgan fingerprint density at radius 2 is 1.17 bits per heavy atom. The van der Waals surface area contributed by atoms with Crippen LogP contribution in [-0.4, -0.2) is 44.1 Å². The molecule has 276 valence electrons. The van der Waals surface area contributed by atoms with Crippen molar-refractivity contribution in [3.63, 3.8) is 0 Å². The van der Waals surface area contributed by atoms with Crippen LogP contribution >= 0.6 is 0 Å². The van der Waals surface area contributed by atoms with Gasteiger partial charge in [-0.25, -0.2) is 21.5 Å². The lowest BCUT2D eigenvalue weighted by Gasteiger charge is -2.12. The summed E-state index contributed by atoms with van der Waals surface area (Å²) in [6.45, 7) is 3.41. The van der Waals surface area contributed by atoms with Crippen molar-refractivity contribution >= 4 is 53.1 Å². The number of hydrogen-bond acceptors (Lipinski definition) is 14. The Hall–Kier alpha value is -6.12. The Bertz CT molecular complexity index is 2820. The summed E-state index contributed by atoms with van der Waals surface area (Å²) >= 11 is 0. The molecule has 0 amide bonds. The molecular weight excluding hydrogens is 761 g/mol. The Morgan fingerprint density at radius 3 is 1.76 bits per heavy atom. The van der Waals surface area contributed by atoms with Crippen molar-refractivity contribution in [2.45, 2.75) is 28.5 Å². The van der Waals surface area contributed by atoms with Crippen molar-refractivity contribution in [3.05, 3.63) is 137 Å². The molecule has 16 nitrogen and oxygen atoms in total. The van der Waals surface area contributed by atoms with Gasteiger partial charge in [0.1, 0.15) is 36.6 Å². The topological polar surface area (TPSA) is 245 Å². The summed E-state index contributed by atoms with van der Waals surface area (Å²) in [5.41, 5.74) is 2.12. The fraction of sp³-hybridized carbons (Fsp3) is 0.0571. The predicted molar refractivity (Wildman–Crippen MR) is 193 cm³/mol. The molecule has 0 bridgehead atoms. The van der Waals surface area contributed by atoms with Gasteiger partial charge in [-0.2, -0.15) is 18.6 Å². The lowest BCUT2D eigenvalue weighted by molar-refractivity contribution is 0.461. The number of aromatic amines is 1. The Labute approximate surface area is 308 Å². The molecule has 0 saturated heterocycles. The average molecular weight is 787 g/mol. The van der Waals surface area contributed by atoms with Gasteiger partial charge in [0, 0.05) is 0 Å². The van der Waals surface area contributed by atoms with Crippen LogP contribution in [0.3, 0.4) is 0 Å². The van der Waals surface area contributed by atoms with E-state index in [4.69, 9.17) is 4.18 Å². The van der Waals surface area contributed by atoms with Crippen LogP contribution in [0.4, 0.5) is 22.7 Å². The molecule has 0 aliphatic carbocycles. The van der Waals surface area contributed by atoms with E-state index in [0.29, 0.717) is 22.5 Å². The number of H-pyrrole nitrogens is 1. The van der Waals surface area contributed by atoms with Gasteiger partial charge in [-0.1, -0.05) is 35.9 Å². The van der Waals surface area contributed by atoms with E-state index < -0.39 is 45.7 Å². The summed E-state index contributed by atoms with van der Waals surface area (Å²) in [5.74, 6) is 0.0135. The molecule has 6 aromatic rings. The minimum atomic E-state index is -5.01. The van der Waals surface area contributed by atoms with Crippen LogP contribution in [0.2, 0.25) is 0 Å². The van der Waals surface area contributed by atoms with Crippen molar-refractivity contribution in [3.8, 4) is 22.6 Å². The van der Waals surface area contributed by atoms with Gasteiger partial charge < -0.3 is 13.3 Å². The molecule has 54 heavy (non-hydrogen) atoms. The zero-order valence-electron chi connectivity index (χ0n) is 28.0. The molecule has 1 heterocycles. The summed E-state index contributed by atoms with van der Waals surface area (Å²) in [6.07, 6.45) is 0. The van der Waals surface area contributed by atoms with Crippen LogP contribution < -0.4 is 9.74 Å². The van der Waals surface area contributed by atoms with Gasteiger partial charge in [-0.15, -0.1) is 10.2 Å². The first-order chi connectivity index (χ1) is 25.5. The third kappa shape index (κ3) is 8.56. The maximum atomic E-state index is 13.0. The molecule has 0 saturated carbocycles. The van der Waals surface area contributed by atoms with Gasteiger partial charge in [0.25, 0.3) is 5.56 Å². The number of hydrogen-bond donors (Lipinski definition) is 1. The van der Waals surface area contributed by atoms with E-state index in [1.165, 1.54) is 60.7 Å². The summed E-state index contributed by atoms with van der Waals surface area (Å²) in [5, 5.41) is 18.9. The van der Waals surface area contributed by atoms with E-state index in [1.807, 2.05) is 6.92 Å². The molecule has 0 aliphatic heterocycles. The van der Waals surface area contributed by atoms with Gasteiger partial charge in [-0.05, 0) is 110 Å². The fourth-order valence-electron chi connectivity index (χ4n) is 4.96. The normalized spacial score (nSPS) is 12.4. The first-order valence-electron chi connectivity index (χ1n) is 15.5. The third-order valence-electron chi connectivity index (χ3n) is 7.74. The Balaban J connectivity index is 1.17. The molecule has 0 atom stereocenters. The van der Waals surface area contributed by atoms with Crippen molar-refractivity contribution in [2.24, 2.45) is 20.5 Å². The van der Waals surface area contributed by atoms with Gasteiger partial charge in [0.05, 0.1) is 32.5 Å². The summed E-state index contributed by atoms with van der Waals surface area (Å²) in [6, 6.07) is 26.7. The number of benzene rings is 5. The van der Waals surface area contributed by atoms with Crippen LogP contribution in [-0.2, 0) is 30.4 Å². The maximum Gasteiger partial charge on any atom is 0.339 e. The smallest absolute Gasteiger partial charge is 0.339 e. The number of nitrogens with one attached hydrogen (secondary N) is 1. The highest BCUT2D eigenvalue weighted by molar-refractivity contribution is 7.87. The van der Waals surface area contributed by atoms with Crippen molar-refractivity contribution < 1.29 is 38.5 Å². The second kappa shape index (κ2) is 14.7. The highest BCUT2D eigenvalue weighted by Gasteiger charge is 2.17. The van der Waals surface area contributed by atoms with Crippen LogP contribution in [0.5, 0.6) is 5.75 Å². The molecule has 0 fully saturated rings. The zero-order chi connectivity index (χ0) is 38.8. The molecule has 0 spiro atoms. The van der Waals surface area contributed by atoms with Crippen molar-refractivity contribution in [2.75, 3.05) is 0 Å². The molecule has 5 aromatic carbocycles. The molecular formula is C35H26N6O10S3-2. The van der Waals surface area contributed by atoms with E-state index >= 15 is 0 Å². The highest BCUT2D eigenvalue weighted by atomic mass is 32.2. The number of rotatable bonds is 11. The van der Waals surface area contributed by atoms with E-state index in [-0.39, 0.29) is 33.4 Å². The van der Waals surface area contributed by atoms with Gasteiger partial charge >= 0.3 is 10.1 Å². The van der Waals surface area contributed by atoms with Crippen LogP contribution in [0.1, 0.15) is 11.3 Å². The van der Waals surface area contributed by atoms with Gasteiger partial charge in [0.15, 0.2) is 5.69 Å². The number of aromatic nitrogens is 2. The monoisotopic (exact) mass is 786 g/mol. The highest BCUT2D eigenvalue weighted by Crippen LogP contribution is 2.33. The van der Waals surface area contributed by atoms with Crippen LogP contribution in [0, 0.1) is 13.8 Å². The minimum absolute atomic E-state index is 0.0135. The fourth-order valence-corrected chi connectivity index (χ4v) is 7.00. The minimum Gasteiger partial charge on any atom is -0.744 e. The zero-order valence-corrected chi connectivity index (χ0v) is 30.5. The quantitative estimate of drug-likeness (QED) is 0.0812. The number of aryl methyl sites for hydroxylation is 2. The van der Waals surface area contributed by atoms with E-state index in [0.717, 1.165) is 28.4 Å². The van der Waals surface area contributed by atoms with Gasteiger partial charge in [-0.3, -0.25) is 9.89 Å². The SMILES string of the molecule is Cc1ccc(S(=O)(=O)Oc2ccc(N=Nc3ccc(-c4ccc(N=Nc5c(C)[nH]n(-c6ccc(S(=O)(=O)[O-])cc6)c5=O)cc4)cc3S(=O)(=O)[O-])cc2)cc1. The second-order valence-electron chi connectivity index (χ2n) is 11.6. The van der Waals surface area contributed by atoms with E-state index in [1.54, 1.807) is 43.3 Å². The molecule has 0 unspecified atom stereocenters. The molecule has 0 aliphatic rings. The number of nitrogens with zero attached hydrogens (tertiary/aromatic N) is 5. The van der Waals surface area contributed by atoms with Crippen LogP contribution in [0.15, 0.2) is 155 Å². The first-order valence-corrected chi connectivity index (χ1v) is 19.7. The molecule has 1 N–H and O–H groups in total. The van der Waals surface area contributed by atoms with Crippen molar-refractivity contribution in [1.82, 2.24) is 9.78 Å². The van der Waals surface area contributed by atoms with Crippen molar-refractivity contribution in [1.29, 1.82) is 0 Å². The molecule has 6 rings (SSSR count). The summed E-state index contributed by atoms with van der Waals surface area (Å²) < 4.78 is 102. The summed E-state index contributed by atoms with van der Waals surface area (Å²) in [7, 11) is -13.7. The molecule has 0 radical (unpaired) electrons.